The maximum Gasteiger partial charge on any atom is 0.335 e. The minimum atomic E-state index is -0.879. The zero-order valence-electron chi connectivity index (χ0n) is 9.58. The molecule has 0 atom stereocenters. The van der Waals surface area contributed by atoms with Crippen LogP contribution in [0.25, 0.3) is 11.0 Å². The summed E-state index contributed by atoms with van der Waals surface area (Å²) in [5.41, 5.74) is 2.45. The van der Waals surface area contributed by atoms with E-state index in [2.05, 4.69) is 9.97 Å². The fourth-order valence-electron chi connectivity index (χ4n) is 1.46. The second-order valence-corrected chi connectivity index (χ2v) is 3.59. The van der Waals surface area contributed by atoms with Gasteiger partial charge in [0.2, 0.25) is 0 Å². The lowest BCUT2D eigenvalue weighted by molar-refractivity contribution is 0.0697. The van der Waals surface area contributed by atoms with Crippen LogP contribution in [0.2, 0.25) is 0 Å². The molecule has 1 aromatic heterocycles. The second-order valence-electron chi connectivity index (χ2n) is 3.59. The summed E-state index contributed by atoms with van der Waals surface area (Å²) in [6.45, 7) is 0. The molecule has 0 fully saturated rings. The van der Waals surface area contributed by atoms with Gasteiger partial charge in [0, 0.05) is 0 Å². The number of nitrogens with zero attached hydrogens (tertiary/aromatic N) is 1. The summed E-state index contributed by atoms with van der Waals surface area (Å²) in [6.07, 6.45) is 1.70. The van der Waals surface area contributed by atoms with Gasteiger partial charge in [-0.05, 0) is 24.3 Å². The van der Waals surface area contributed by atoms with Gasteiger partial charge in [-0.3, -0.25) is 0 Å². The van der Waals surface area contributed by atoms with Gasteiger partial charge < -0.3 is 10.1 Å². The van der Waals surface area contributed by atoms with E-state index in [-0.39, 0.29) is 0 Å². The number of hydrogen-bond donors (Lipinski definition) is 2. The van der Waals surface area contributed by atoms with Crippen LogP contribution in [-0.4, -0.2) is 21.0 Å². The Morgan fingerprint density at radius 3 is 2.28 bits per heavy atom. The summed E-state index contributed by atoms with van der Waals surface area (Å²) in [5, 5.41) is 8.38. The molecular formula is C14H12N2O2. The van der Waals surface area contributed by atoms with Crippen LogP contribution in [0.15, 0.2) is 60.9 Å². The molecule has 0 saturated heterocycles. The molecule has 1 heterocycles. The van der Waals surface area contributed by atoms with Crippen LogP contribution in [0.1, 0.15) is 10.4 Å². The van der Waals surface area contributed by atoms with Crippen LogP contribution in [0.4, 0.5) is 0 Å². The van der Waals surface area contributed by atoms with Crippen molar-refractivity contribution in [2.45, 2.75) is 0 Å². The molecule has 0 spiro atoms. The van der Waals surface area contributed by atoms with Crippen molar-refractivity contribution >= 4 is 17.0 Å². The average molecular weight is 240 g/mol. The van der Waals surface area contributed by atoms with Gasteiger partial charge in [-0.15, -0.1) is 0 Å². The molecule has 2 N–H and O–H groups in total. The number of para-hydroxylation sites is 2. The summed E-state index contributed by atoms with van der Waals surface area (Å²) in [4.78, 5) is 17.3. The number of nitrogens with one attached hydrogen (secondary N) is 1. The number of imidazole rings is 1. The molecule has 0 unspecified atom stereocenters. The van der Waals surface area contributed by atoms with Gasteiger partial charge in [0.05, 0.1) is 22.9 Å². The summed E-state index contributed by atoms with van der Waals surface area (Å²) >= 11 is 0. The third-order valence-electron chi connectivity index (χ3n) is 2.35. The highest BCUT2D eigenvalue weighted by Gasteiger charge is 1.96. The number of benzene rings is 2. The minimum Gasteiger partial charge on any atom is -0.478 e. The summed E-state index contributed by atoms with van der Waals surface area (Å²) in [7, 11) is 0. The first kappa shape index (κ1) is 11.9. The van der Waals surface area contributed by atoms with Crippen LogP contribution in [0.5, 0.6) is 0 Å². The fraction of sp³-hybridized carbons (Fsp3) is 0. The van der Waals surface area contributed by atoms with Gasteiger partial charge in [-0.1, -0.05) is 30.3 Å². The number of rotatable bonds is 1. The first-order valence-corrected chi connectivity index (χ1v) is 5.44. The van der Waals surface area contributed by atoms with Gasteiger partial charge in [-0.25, -0.2) is 9.78 Å². The highest BCUT2D eigenvalue weighted by atomic mass is 16.4. The Morgan fingerprint density at radius 2 is 1.67 bits per heavy atom. The molecule has 18 heavy (non-hydrogen) atoms. The van der Waals surface area contributed by atoms with E-state index in [1.165, 1.54) is 0 Å². The van der Waals surface area contributed by atoms with Crippen molar-refractivity contribution in [3.8, 4) is 0 Å². The van der Waals surface area contributed by atoms with Crippen LogP contribution < -0.4 is 0 Å². The van der Waals surface area contributed by atoms with E-state index in [1.54, 1.807) is 36.7 Å². The van der Waals surface area contributed by atoms with E-state index in [0.717, 1.165) is 11.0 Å². The van der Waals surface area contributed by atoms with E-state index in [0.29, 0.717) is 5.56 Å². The second kappa shape index (κ2) is 5.63. The largest absolute Gasteiger partial charge is 0.478 e. The molecule has 2 aromatic carbocycles. The first-order chi connectivity index (χ1) is 8.77. The predicted octanol–water partition coefficient (Wildman–Crippen LogP) is 2.95. The van der Waals surface area contributed by atoms with Crippen molar-refractivity contribution in [1.29, 1.82) is 0 Å². The molecule has 4 heteroatoms. The number of aromatic carboxylic acids is 1. The Labute approximate surface area is 104 Å². The van der Waals surface area contributed by atoms with Crippen molar-refractivity contribution in [3.63, 3.8) is 0 Å². The number of carbonyl (C=O) groups is 1. The Bertz CT molecular complexity index is 602. The number of carboxylic acids is 1. The lowest BCUT2D eigenvalue weighted by Crippen LogP contribution is -1.93. The smallest absolute Gasteiger partial charge is 0.335 e. The summed E-state index contributed by atoms with van der Waals surface area (Å²) < 4.78 is 0. The third kappa shape index (κ3) is 2.95. The maximum absolute atomic E-state index is 10.2. The van der Waals surface area contributed by atoms with E-state index in [1.807, 2.05) is 24.3 Å². The summed E-state index contributed by atoms with van der Waals surface area (Å²) in [5.74, 6) is -0.879. The Hall–Kier alpha value is -2.62. The van der Waals surface area contributed by atoms with Gasteiger partial charge in [-0.2, -0.15) is 0 Å². The first-order valence-electron chi connectivity index (χ1n) is 5.44. The maximum atomic E-state index is 10.2. The van der Waals surface area contributed by atoms with E-state index >= 15 is 0 Å². The number of aromatic nitrogens is 2. The molecule has 0 radical (unpaired) electrons. The molecule has 0 aliphatic rings. The molecular weight excluding hydrogens is 228 g/mol. The molecule has 90 valence electrons. The van der Waals surface area contributed by atoms with E-state index in [9.17, 15) is 4.79 Å². The summed E-state index contributed by atoms with van der Waals surface area (Å²) in [6, 6.07) is 16.2. The van der Waals surface area contributed by atoms with Crippen molar-refractivity contribution in [2.75, 3.05) is 0 Å². The molecule has 0 amide bonds. The number of H-pyrrole nitrogens is 1. The highest BCUT2D eigenvalue weighted by Crippen LogP contribution is 2.05. The fourth-order valence-corrected chi connectivity index (χ4v) is 1.46. The lowest BCUT2D eigenvalue weighted by Gasteiger charge is -1.88. The molecule has 0 bridgehead atoms. The molecule has 3 rings (SSSR count). The van der Waals surface area contributed by atoms with Crippen molar-refractivity contribution in [1.82, 2.24) is 9.97 Å². The number of carboxylic acid groups (broad SMARTS) is 1. The number of hydrogen-bond acceptors (Lipinski definition) is 2. The standard InChI is InChI=1S/C7H6N2.C7H6O2/c1-2-4-7-6(3-1)8-5-9-7;8-7(9)6-4-2-1-3-5-6/h2*1-5H,(H,8,9). The Kier molecular flexibility index (Phi) is 3.71. The van der Waals surface area contributed by atoms with Crippen molar-refractivity contribution < 1.29 is 9.90 Å². The Balaban J connectivity index is 0.000000134. The van der Waals surface area contributed by atoms with E-state index < -0.39 is 5.97 Å². The lowest BCUT2D eigenvalue weighted by atomic mass is 10.2. The molecule has 3 aromatic rings. The van der Waals surface area contributed by atoms with Crippen molar-refractivity contribution in [2.24, 2.45) is 0 Å². The minimum absolute atomic E-state index is 0.331. The van der Waals surface area contributed by atoms with Crippen LogP contribution in [0, 0.1) is 0 Å². The molecule has 0 saturated carbocycles. The highest BCUT2D eigenvalue weighted by molar-refractivity contribution is 5.87. The van der Waals surface area contributed by atoms with Crippen LogP contribution in [-0.2, 0) is 0 Å². The van der Waals surface area contributed by atoms with Crippen LogP contribution >= 0.6 is 0 Å². The van der Waals surface area contributed by atoms with Gasteiger partial charge in [0.15, 0.2) is 0 Å². The topological polar surface area (TPSA) is 66.0 Å². The normalized spacial score (nSPS) is 9.56. The number of aromatic amines is 1. The average Bonchev–Trinajstić information content (AvgIpc) is 2.89. The van der Waals surface area contributed by atoms with E-state index in [4.69, 9.17) is 5.11 Å². The zero-order chi connectivity index (χ0) is 12.8. The van der Waals surface area contributed by atoms with Crippen LogP contribution in [0.3, 0.4) is 0 Å². The van der Waals surface area contributed by atoms with Gasteiger partial charge >= 0.3 is 5.97 Å². The quantitative estimate of drug-likeness (QED) is 0.687. The van der Waals surface area contributed by atoms with Crippen molar-refractivity contribution in [3.05, 3.63) is 66.5 Å². The zero-order valence-corrected chi connectivity index (χ0v) is 9.58. The molecule has 0 aliphatic carbocycles. The molecule has 0 aliphatic heterocycles. The van der Waals surface area contributed by atoms with Gasteiger partial charge in [0.1, 0.15) is 0 Å². The molecule has 4 nitrogen and oxygen atoms in total. The van der Waals surface area contributed by atoms with Gasteiger partial charge in [0.25, 0.3) is 0 Å². The number of fused-ring (bicyclic) bond motifs is 1. The third-order valence-corrected chi connectivity index (χ3v) is 2.35. The Morgan fingerprint density at radius 1 is 1.00 bits per heavy atom. The predicted molar refractivity (Wildman–Crippen MR) is 69.5 cm³/mol. The monoisotopic (exact) mass is 240 g/mol. The SMILES string of the molecule is O=C(O)c1ccccc1.c1ccc2[nH]cnc2c1.